The van der Waals surface area contributed by atoms with E-state index in [1.807, 2.05) is 13.0 Å². The zero-order valence-corrected chi connectivity index (χ0v) is 11.4. The van der Waals surface area contributed by atoms with Crippen LogP contribution in [-0.2, 0) is 0 Å². The third kappa shape index (κ3) is 2.88. The Labute approximate surface area is 116 Å². The lowest BCUT2D eigenvalue weighted by Gasteiger charge is -2.14. The average molecular weight is 281 g/mol. The molecule has 1 unspecified atom stereocenters. The van der Waals surface area contributed by atoms with E-state index in [9.17, 15) is 9.50 Å². The number of hydrogen-bond acceptors (Lipinski definition) is 2. The summed E-state index contributed by atoms with van der Waals surface area (Å²) in [6, 6.07) is 9.70. The summed E-state index contributed by atoms with van der Waals surface area (Å²) < 4.78 is 18.5. The molecule has 0 saturated carbocycles. The standard InChI is InChI=1S/C15H14ClFO2/c1-9-3-5-11(12(16)7-9)15(18)10-4-6-14(19-2)13(17)8-10/h3-8,15,18H,1-2H3. The third-order valence-corrected chi connectivity index (χ3v) is 3.27. The number of hydrogen-bond donors (Lipinski definition) is 1. The Morgan fingerprint density at radius 2 is 1.95 bits per heavy atom. The molecule has 0 heterocycles. The summed E-state index contributed by atoms with van der Waals surface area (Å²) in [5, 5.41) is 10.7. The Morgan fingerprint density at radius 1 is 1.21 bits per heavy atom. The number of aryl methyl sites for hydroxylation is 1. The van der Waals surface area contributed by atoms with Gasteiger partial charge >= 0.3 is 0 Å². The molecule has 1 N–H and O–H groups in total. The fourth-order valence-electron chi connectivity index (χ4n) is 1.89. The van der Waals surface area contributed by atoms with Crippen molar-refractivity contribution in [1.29, 1.82) is 0 Å². The molecule has 0 aromatic heterocycles. The number of ether oxygens (including phenoxy) is 1. The van der Waals surface area contributed by atoms with Crippen LogP contribution in [0.3, 0.4) is 0 Å². The Balaban J connectivity index is 2.38. The van der Waals surface area contributed by atoms with Crippen molar-refractivity contribution in [2.45, 2.75) is 13.0 Å². The highest BCUT2D eigenvalue weighted by molar-refractivity contribution is 6.31. The summed E-state index contributed by atoms with van der Waals surface area (Å²) >= 11 is 6.09. The van der Waals surface area contributed by atoms with Gasteiger partial charge in [0.25, 0.3) is 0 Å². The quantitative estimate of drug-likeness (QED) is 0.924. The zero-order chi connectivity index (χ0) is 14.0. The van der Waals surface area contributed by atoms with Gasteiger partial charge < -0.3 is 9.84 Å². The molecule has 0 aliphatic carbocycles. The Bertz CT molecular complexity index is 599. The van der Waals surface area contributed by atoms with Gasteiger partial charge in [0.15, 0.2) is 11.6 Å². The molecule has 0 amide bonds. The highest BCUT2D eigenvalue weighted by atomic mass is 35.5. The van der Waals surface area contributed by atoms with Crippen LogP contribution >= 0.6 is 11.6 Å². The van der Waals surface area contributed by atoms with Crippen LogP contribution in [0, 0.1) is 12.7 Å². The second kappa shape index (κ2) is 5.59. The largest absolute Gasteiger partial charge is 0.494 e. The number of halogens is 2. The summed E-state index contributed by atoms with van der Waals surface area (Å²) in [6.07, 6.45) is -0.964. The van der Waals surface area contributed by atoms with Crippen molar-refractivity contribution in [3.05, 3.63) is 63.9 Å². The Morgan fingerprint density at radius 3 is 2.53 bits per heavy atom. The van der Waals surface area contributed by atoms with E-state index in [1.54, 1.807) is 18.2 Å². The maximum absolute atomic E-state index is 13.6. The number of rotatable bonds is 3. The predicted octanol–water partition coefficient (Wildman–Crippen LogP) is 3.88. The highest BCUT2D eigenvalue weighted by Gasteiger charge is 2.16. The van der Waals surface area contributed by atoms with Crippen molar-refractivity contribution in [3.63, 3.8) is 0 Å². The van der Waals surface area contributed by atoms with Gasteiger partial charge in [-0.05, 0) is 36.2 Å². The number of aliphatic hydroxyl groups is 1. The Hall–Kier alpha value is -1.58. The third-order valence-electron chi connectivity index (χ3n) is 2.94. The van der Waals surface area contributed by atoms with Crippen LogP contribution in [0.25, 0.3) is 0 Å². The smallest absolute Gasteiger partial charge is 0.165 e. The van der Waals surface area contributed by atoms with Crippen LogP contribution < -0.4 is 4.74 Å². The van der Waals surface area contributed by atoms with E-state index < -0.39 is 11.9 Å². The second-order valence-electron chi connectivity index (χ2n) is 4.32. The first kappa shape index (κ1) is 13.8. The van der Waals surface area contributed by atoms with Gasteiger partial charge in [-0.2, -0.15) is 0 Å². The van der Waals surface area contributed by atoms with Crippen molar-refractivity contribution in [2.75, 3.05) is 7.11 Å². The van der Waals surface area contributed by atoms with E-state index in [-0.39, 0.29) is 5.75 Å². The lowest BCUT2D eigenvalue weighted by atomic mass is 10.00. The highest BCUT2D eigenvalue weighted by Crippen LogP contribution is 2.30. The fourth-order valence-corrected chi connectivity index (χ4v) is 2.22. The van der Waals surface area contributed by atoms with E-state index in [1.165, 1.54) is 19.2 Å². The molecule has 2 rings (SSSR count). The monoisotopic (exact) mass is 280 g/mol. The van der Waals surface area contributed by atoms with Gasteiger partial charge in [-0.3, -0.25) is 0 Å². The summed E-state index contributed by atoms with van der Waals surface area (Å²) in [4.78, 5) is 0. The van der Waals surface area contributed by atoms with Crippen LogP contribution in [0.5, 0.6) is 5.75 Å². The molecule has 0 saturated heterocycles. The summed E-state index contributed by atoms with van der Waals surface area (Å²) in [6.45, 7) is 1.91. The first-order valence-corrected chi connectivity index (χ1v) is 6.18. The number of aliphatic hydroxyl groups excluding tert-OH is 1. The molecule has 100 valence electrons. The predicted molar refractivity (Wildman–Crippen MR) is 73.2 cm³/mol. The minimum Gasteiger partial charge on any atom is -0.494 e. The van der Waals surface area contributed by atoms with Crippen LogP contribution in [0.1, 0.15) is 22.8 Å². The normalized spacial score (nSPS) is 12.3. The molecule has 0 bridgehead atoms. The molecule has 2 nitrogen and oxygen atoms in total. The van der Waals surface area contributed by atoms with Crippen LogP contribution in [0.4, 0.5) is 4.39 Å². The van der Waals surface area contributed by atoms with Crippen molar-refractivity contribution in [1.82, 2.24) is 0 Å². The summed E-state index contributed by atoms with van der Waals surface area (Å²) in [5.74, 6) is -0.367. The molecule has 2 aromatic carbocycles. The van der Waals surface area contributed by atoms with Gasteiger partial charge in [0.2, 0.25) is 0 Å². The van der Waals surface area contributed by atoms with Crippen molar-refractivity contribution < 1.29 is 14.2 Å². The van der Waals surface area contributed by atoms with Gasteiger partial charge in [0, 0.05) is 10.6 Å². The Kier molecular flexibility index (Phi) is 4.08. The van der Waals surface area contributed by atoms with Crippen molar-refractivity contribution in [2.24, 2.45) is 0 Å². The first-order chi connectivity index (χ1) is 9.02. The minimum atomic E-state index is -0.964. The van der Waals surface area contributed by atoms with Gasteiger partial charge in [0.05, 0.1) is 7.11 Å². The van der Waals surface area contributed by atoms with Crippen LogP contribution in [0.2, 0.25) is 5.02 Å². The van der Waals surface area contributed by atoms with E-state index in [0.717, 1.165) is 5.56 Å². The molecule has 0 radical (unpaired) electrons. The number of methoxy groups -OCH3 is 1. The molecule has 4 heteroatoms. The van der Waals surface area contributed by atoms with Crippen LogP contribution in [0.15, 0.2) is 36.4 Å². The van der Waals surface area contributed by atoms with Crippen molar-refractivity contribution in [3.8, 4) is 5.75 Å². The average Bonchev–Trinajstić information content (AvgIpc) is 2.38. The molecule has 0 spiro atoms. The molecule has 19 heavy (non-hydrogen) atoms. The lowest BCUT2D eigenvalue weighted by Crippen LogP contribution is -2.02. The molecular formula is C15H14ClFO2. The SMILES string of the molecule is COc1ccc(C(O)c2ccc(C)cc2Cl)cc1F. The molecule has 0 fully saturated rings. The van der Waals surface area contributed by atoms with Gasteiger partial charge in [-0.25, -0.2) is 4.39 Å². The fraction of sp³-hybridized carbons (Fsp3) is 0.200. The van der Waals surface area contributed by atoms with Crippen molar-refractivity contribution >= 4 is 11.6 Å². The van der Waals surface area contributed by atoms with Gasteiger partial charge in [0.1, 0.15) is 6.10 Å². The zero-order valence-electron chi connectivity index (χ0n) is 10.7. The van der Waals surface area contributed by atoms with E-state index in [2.05, 4.69) is 0 Å². The molecule has 1 atom stereocenters. The van der Waals surface area contributed by atoms with Crippen LogP contribution in [-0.4, -0.2) is 12.2 Å². The van der Waals surface area contributed by atoms with E-state index >= 15 is 0 Å². The lowest BCUT2D eigenvalue weighted by molar-refractivity contribution is 0.219. The second-order valence-corrected chi connectivity index (χ2v) is 4.73. The maximum Gasteiger partial charge on any atom is 0.165 e. The molecular weight excluding hydrogens is 267 g/mol. The number of benzene rings is 2. The topological polar surface area (TPSA) is 29.5 Å². The first-order valence-electron chi connectivity index (χ1n) is 5.80. The van der Waals surface area contributed by atoms with Gasteiger partial charge in [-0.15, -0.1) is 0 Å². The maximum atomic E-state index is 13.6. The summed E-state index contributed by atoms with van der Waals surface area (Å²) in [7, 11) is 1.39. The summed E-state index contributed by atoms with van der Waals surface area (Å²) in [5.41, 5.74) is 1.99. The molecule has 2 aromatic rings. The van der Waals surface area contributed by atoms with Gasteiger partial charge in [-0.1, -0.05) is 29.8 Å². The molecule has 0 aliphatic heterocycles. The van der Waals surface area contributed by atoms with E-state index in [4.69, 9.17) is 16.3 Å². The van der Waals surface area contributed by atoms with E-state index in [0.29, 0.717) is 16.1 Å². The minimum absolute atomic E-state index is 0.144. The molecule has 0 aliphatic rings.